The highest BCUT2D eigenvalue weighted by Crippen LogP contribution is 2.10. The van der Waals surface area contributed by atoms with E-state index < -0.39 is 18.3 Å². The summed E-state index contributed by atoms with van der Waals surface area (Å²) >= 11 is 0. The second kappa shape index (κ2) is 3.01. The molecule has 1 heterocycles. The molecule has 1 rings (SSSR count). The van der Waals surface area contributed by atoms with Crippen molar-refractivity contribution in [1.82, 2.24) is 0 Å². The Bertz CT molecular complexity index is 134. The van der Waals surface area contributed by atoms with Crippen molar-refractivity contribution in [3.8, 4) is 0 Å². The summed E-state index contributed by atoms with van der Waals surface area (Å²) in [5.74, 6) is 0. The van der Waals surface area contributed by atoms with Crippen molar-refractivity contribution in [1.29, 1.82) is 0 Å². The zero-order chi connectivity index (χ0) is 7.56. The number of hydrogen-bond acceptors (Lipinski definition) is 4. The molecular formula is C6H10O4. The van der Waals surface area contributed by atoms with Crippen molar-refractivity contribution in [3.05, 3.63) is 12.3 Å². The van der Waals surface area contributed by atoms with Crippen LogP contribution in [0.4, 0.5) is 0 Å². The summed E-state index contributed by atoms with van der Waals surface area (Å²) in [5.41, 5.74) is 0. The van der Waals surface area contributed by atoms with E-state index in [1.807, 2.05) is 0 Å². The second-order valence-corrected chi connectivity index (χ2v) is 2.17. The third-order valence-electron chi connectivity index (χ3n) is 1.44. The van der Waals surface area contributed by atoms with Gasteiger partial charge in [0.2, 0.25) is 0 Å². The monoisotopic (exact) mass is 146 g/mol. The molecule has 1 aliphatic heterocycles. The van der Waals surface area contributed by atoms with Gasteiger partial charge in [0, 0.05) is 0 Å². The van der Waals surface area contributed by atoms with Gasteiger partial charge in [0.05, 0.1) is 12.9 Å². The molecule has 58 valence electrons. The highest BCUT2D eigenvalue weighted by molar-refractivity contribution is 4.96. The number of hydrogen-bond donors (Lipinski definition) is 3. The Labute approximate surface area is 58.4 Å². The van der Waals surface area contributed by atoms with Crippen LogP contribution in [0.25, 0.3) is 0 Å². The molecule has 10 heavy (non-hydrogen) atoms. The maximum atomic E-state index is 9.05. The lowest BCUT2D eigenvalue weighted by atomic mass is 10.1. The molecule has 0 spiro atoms. The Hall–Kier alpha value is -0.580. The third-order valence-corrected chi connectivity index (χ3v) is 1.44. The average molecular weight is 146 g/mol. The molecule has 0 bridgehead atoms. The molecule has 0 unspecified atom stereocenters. The summed E-state index contributed by atoms with van der Waals surface area (Å²) in [7, 11) is 0. The lowest BCUT2D eigenvalue weighted by molar-refractivity contribution is -0.0808. The molecule has 3 N–H and O–H groups in total. The van der Waals surface area contributed by atoms with Crippen molar-refractivity contribution in [3.63, 3.8) is 0 Å². The first-order valence-electron chi connectivity index (χ1n) is 3.05. The molecule has 0 saturated heterocycles. The molecule has 0 aliphatic carbocycles. The van der Waals surface area contributed by atoms with Gasteiger partial charge in [-0.25, -0.2) is 0 Å². The molecule has 1 aliphatic rings. The molecule has 0 aromatic heterocycles. The zero-order valence-corrected chi connectivity index (χ0v) is 5.34. The van der Waals surface area contributed by atoms with Crippen LogP contribution in [-0.4, -0.2) is 40.2 Å². The lowest BCUT2D eigenvalue weighted by Gasteiger charge is -2.26. The molecule has 0 aromatic carbocycles. The fourth-order valence-corrected chi connectivity index (χ4v) is 0.792. The Morgan fingerprint density at radius 1 is 1.40 bits per heavy atom. The van der Waals surface area contributed by atoms with Crippen LogP contribution in [0.5, 0.6) is 0 Å². The summed E-state index contributed by atoms with van der Waals surface area (Å²) in [6.45, 7) is -0.289. The molecule has 4 heteroatoms. The normalized spacial score (nSPS) is 39.3. The number of rotatable bonds is 1. The van der Waals surface area contributed by atoms with Gasteiger partial charge in [-0.1, -0.05) is 0 Å². The summed E-state index contributed by atoms with van der Waals surface area (Å²) in [6.07, 6.45) is -0.0318. The van der Waals surface area contributed by atoms with Crippen LogP contribution in [0, 0.1) is 0 Å². The number of ether oxygens (including phenoxy) is 1. The van der Waals surface area contributed by atoms with Gasteiger partial charge in [0.1, 0.15) is 18.3 Å². The maximum absolute atomic E-state index is 9.05. The van der Waals surface area contributed by atoms with Crippen LogP contribution in [0.2, 0.25) is 0 Å². The van der Waals surface area contributed by atoms with Crippen molar-refractivity contribution < 1.29 is 20.1 Å². The summed E-state index contributed by atoms with van der Waals surface area (Å²) in [5, 5.41) is 26.6. The van der Waals surface area contributed by atoms with E-state index in [0.29, 0.717) is 0 Å². The number of aliphatic hydroxyl groups excluding tert-OH is 3. The number of aliphatic hydroxyl groups is 3. The smallest absolute Gasteiger partial charge is 0.149 e. The minimum atomic E-state index is -1.02. The van der Waals surface area contributed by atoms with E-state index >= 15 is 0 Å². The Balaban J connectivity index is 2.56. The fraction of sp³-hybridized carbons (Fsp3) is 0.667. The van der Waals surface area contributed by atoms with Crippen molar-refractivity contribution in [2.45, 2.75) is 18.3 Å². The molecule has 4 nitrogen and oxygen atoms in total. The molecular weight excluding hydrogens is 136 g/mol. The Kier molecular flexibility index (Phi) is 2.26. The van der Waals surface area contributed by atoms with Crippen LogP contribution in [0.1, 0.15) is 0 Å². The fourth-order valence-electron chi connectivity index (χ4n) is 0.792. The summed E-state index contributed by atoms with van der Waals surface area (Å²) in [6, 6.07) is 0. The van der Waals surface area contributed by atoms with Crippen LogP contribution in [0.15, 0.2) is 12.3 Å². The summed E-state index contributed by atoms with van der Waals surface area (Å²) < 4.78 is 4.77. The Morgan fingerprint density at radius 3 is 2.60 bits per heavy atom. The highest BCUT2D eigenvalue weighted by Gasteiger charge is 2.27. The van der Waals surface area contributed by atoms with E-state index in [0.717, 1.165) is 0 Å². The first-order chi connectivity index (χ1) is 4.75. The topological polar surface area (TPSA) is 69.9 Å². The van der Waals surface area contributed by atoms with Gasteiger partial charge in [-0.2, -0.15) is 0 Å². The predicted molar refractivity (Wildman–Crippen MR) is 33.1 cm³/mol. The first kappa shape index (κ1) is 7.53. The third kappa shape index (κ3) is 1.29. The minimum absolute atomic E-state index is 0.289. The summed E-state index contributed by atoms with van der Waals surface area (Å²) in [4.78, 5) is 0. The van der Waals surface area contributed by atoms with Gasteiger partial charge in [0.15, 0.2) is 0 Å². The average Bonchev–Trinajstić information content (AvgIpc) is 1.95. The van der Waals surface area contributed by atoms with E-state index in [1.165, 1.54) is 12.3 Å². The van der Waals surface area contributed by atoms with Crippen LogP contribution in [-0.2, 0) is 4.74 Å². The van der Waals surface area contributed by atoms with Crippen LogP contribution < -0.4 is 0 Å². The van der Waals surface area contributed by atoms with Gasteiger partial charge < -0.3 is 20.1 Å². The lowest BCUT2D eigenvalue weighted by Crippen LogP contribution is -2.42. The van der Waals surface area contributed by atoms with Gasteiger partial charge in [-0.05, 0) is 6.08 Å². The van der Waals surface area contributed by atoms with E-state index in [9.17, 15) is 0 Å². The maximum Gasteiger partial charge on any atom is 0.149 e. The second-order valence-electron chi connectivity index (χ2n) is 2.17. The quantitative estimate of drug-likeness (QED) is 0.426. The van der Waals surface area contributed by atoms with Crippen molar-refractivity contribution in [2.75, 3.05) is 6.61 Å². The van der Waals surface area contributed by atoms with E-state index in [2.05, 4.69) is 0 Å². The largest absolute Gasteiger partial charge is 0.493 e. The van der Waals surface area contributed by atoms with Gasteiger partial charge in [-0.3, -0.25) is 0 Å². The highest BCUT2D eigenvalue weighted by atomic mass is 16.5. The molecule has 0 amide bonds. The molecule has 0 aromatic rings. The first-order valence-corrected chi connectivity index (χ1v) is 3.05. The molecule has 0 fully saturated rings. The van der Waals surface area contributed by atoms with E-state index in [4.69, 9.17) is 20.1 Å². The van der Waals surface area contributed by atoms with Crippen molar-refractivity contribution in [2.24, 2.45) is 0 Å². The molecule has 0 saturated carbocycles. The van der Waals surface area contributed by atoms with Gasteiger partial charge >= 0.3 is 0 Å². The standard InChI is InChI=1S/C6H10O4/c7-3-5-6(9)4(8)1-2-10-5/h1-2,4-9H,3H2/t4-,5-,6-/m1/s1. The van der Waals surface area contributed by atoms with E-state index in [1.54, 1.807) is 0 Å². The molecule has 0 radical (unpaired) electrons. The predicted octanol–water partition coefficient (Wildman–Crippen LogP) is -1.39. The minimum Gasteiger partial charge on any atom is -0.493 e. The van der Waals surface area contributed by atoms with Gasteiger partial charge in [-0.15, -0.1) is 0 Å². The van der Waals surface area contributed by atoms with Gasteiger partial charge in [0.25, 0.3) is 0 Å². The van der Waals surface area contributed by atoms with Crippen LogP contribution >= 0.6 is 0 Å². The SMILES string of the molecule is OC[C@H]1OC=C[C@@H](O)[C@H]1O. The van der Waals surface area contributed by atoms with E-state index in [-0.39, 0.29) is 6.61 Å². The van der Waals surface area contributed by atoms with Crippen LogP contribution in [0.3, 0.4) is 0 Å². The zero-order valence-electron chi connectivity index (χ0n) is 5.34. The molecule has 3 atom stereocenters. The Morgan fingerprint density at radius 2 is 2.10 bits per heavy atom. The van der Waals surface area contributed by atoms with Crippen molar-refractivity contribution >= 4 is 0 Å².